The molecule has 1 aromatic rings. The van der Waals surface area contributed by atoms with E-state index in [1.54, 1.807) is 11.3 Å². The summed E-state index contributed by atoms with van der Waals surface area (Å²) < 4.78 is 5.32. The van der Waals surface area contributed by atoms with Crippen LogP contribution >= 0.6 is 11.3 Å². The van der Waals surface area contributed by atoms with Crippen molar-refractivity contribution in [2.75, 3.05) is 26.8 Å². The number of aromatic nitrogens is 1. The van der Waals surface area contributed by atoms with Gasteiger partial charge in [0, 0.05) is 25.1 Å². The summed E-state index contributed by atoms with van der Waals surface area (Å²) >= 11 is 1.60. The maximum Gasteiger partial charge on any atom is 0.129 e. The number of hydrogen-bond acceptors (Lipinski definition) is 5. The molecular formula is C11H16N2O2S. The molecule has 2 rings (SSSR count). The molecule has 1 aliphatic rings. The standard InChI is InChI=1S/C11H16N2O2S/c1-13(4-10-5-16-9-12-10)6-11(7-14)2-3-15-8-11/h5,7,9H,2-4,6,8H2,1H3. The van der Waals surface area contributed by atoms with E-state index in [2.05, 4.69) is 9.88 Å². The molecule has 0 aromatic carbocycles. The van der Waals surface area contributed by atoms with E-state index in [0.717, 1.165) is 31.5 Å². The molecule has 1 atom stereocenters. The van der Waals surface area contributed by atoms with E-state index < -0.39 is 0 Å². The first-order valence-electron chi connectivity index (χ1n) is 5.34. The molecule has 0 spiro atoms. The fraction of sp³-hybridized carbons (Fsp3) is 0.636. The highest BCUT2D eigenvalue weighted by Crippen LogP contribution is 2.27. The van der Waals surface area contributed by atoms with Gasteiger partial charge in [0.05, 0.1) is 23.2 Å². The van der Waals surface area contributed by atoms with Crippen molar-refractivity contribution >= 4 is 17.6 Å². The molecule has 2 heterocycles. The molecule has 0 radical (unpaired) electrons. The smallest absolute Gasteiger partial charge is 0.129 e. The minimum Gasteiger partial charge on any atom is -0.380 e. The van der Waals surface area contributed by atoms with Crippen LogP contribution in [0.5, 0.6) is 0 Å². The van der Waals surface area contributed by atoms with Crippen LogP contribution in [0.15, 0.2) is 10.9 Å². The molecule has 5 heteroatoms. The molecule has 1 unspecified atom stereocenters. The lowest BCUT2D eigenvalue weighted by atomic mass is 9.89. The van der Waals surface area contributed by atoms with E-state index in [0.29, 0.717) is 13.2 Å². The Morgan fingerprint density at radius 3 is 3.19 bits per heavy atom. The van der Waals surface area contributed by atoms with Crippen LogP contribution in [0.4, 0.5) is 0 Å². The zero-order valence-electron chi connectivity index (χ0n) is 9.39. The van der Waals surface area contributed by atoms with E-state index in [9.17, 15) is 4.79 Å². The summed E-state index contributed by atoms with van der Waals surface area (Å²) in [7, 11) is 2.02. The zero-order valence-corrected chi connectivity index (χ0v) is 10.2. The number of rotatable bonds is 5. The predicted octanol–water partition coefficient (Wildman–Crippen LogP) is 1.18. The zero-order chi connectivity index (χ0) is 11.4. The van der Waals surface area contributed by atoms with Gasteiger partial charge in [0.15, 0.2) is 0 Å². The Morgan fingerprint density at radius 2 is 2.62 bits per heavy atom. The van der Waals surface area contributed by atoms with Crippen LogP contribution in [0.25, 0.3) is 0 Å². The summed E-state index contributed by atoms with van der Waals surface area (Å²) in [6.07, 6.45) is 1.88. The van der Waals surface area contributed by atoms with Gasteiger partial charge in [-0.15, -0.1) is 11.3 Å². The monoisotopic (exact) mass is 240 g/mol. The number of thiazole rings is 1. The van der Waals surface area contributed by atoms with Gasteiger partial charge in [0.2, 0.25) is 0 Å². The van der Waals surface area contributed by atoms with Crippen LogP contribution < -0.4 is 0 Å². The van der Waals surface area contributed by atoms with Gasteiger partial charge in [-0.1, -0.05) is 0 Å². The molecule has 4 nitrogen and oxygen atoms in total. The first-order chi connectivity index (χ1) is 7.74. The maximum atomic E-state index is 11.1. The van der Waals surface area contributed by atoms with Gasteiger partial charge in [-0.2, -0.15) is 0 Å². The minimum absolute atomic E-state index is 0.301. The lowest BCUT2D eigenvalue weighted by molar-refractivity contribution is -0.117. The average Bonchev–Trinajstić information content (AvgIpc) is 2.90. The van der Waals surface area contributed by atoms with Crippen LogP contribution in [0.1, 0.15) is 12.1 Å². The second-order valence-corrected chi connectivity index (χ2v) is 5.15. The Balaban J connectivity index is 1.90. The Kier molecular flexibility index (Phi) is 3.68. The molecule has 1 fully saturated rings. The number of aldehydes is 1. The van der Waals surface area contributed by atoms with Crippen LogP contribution in [0.3, 0.4) is 0 Å². The van der Waals surface area contributed by atoms with E-state index >= 15 is 0 Å². The third-order valence-electron chi connectivity index (χ3n) is 2.88. The van der Waals surface area contributed by atoms with Crippen LogP contribution in [0.2, 0.25) is 0 Å². The van der Waals surface area contributed by atoms with Crippen molar-refractivity contribution < 1.29 is 9.53 Å². The molecular weight excluding hydrogens is 224 g/mol. The van der Waals surface area contributed by atoms with Crippen molar-refractivity contribution in [3.63, 3.8) is 0 Å². The summed E-state index contributed by atoms with van der Waals surface area (Å²) in [5.41, 5.74) is 2.59. The van der Waals surface area contributed by atoms with Gasteiger partial charge in [0.1, 0.15) is 6.29 Å². The molecule has 16 heavy (non-hydrogen) atoms. The van der Waals surface area contributed by atoms with Crippen molar-refractivity contribution in [2.24, 2.45) is 5.41 Å². The van der Waals surface area contributed by atoms with Crippen molar-refractivity contribution in [3.05, 3.63) is 16.6 Å². The Hall–Kier alpha value is -0.780. The summed E-state index contributed by atoms with van der Waals surface area (Å²) in [6, 6.07) is 0. The number of ether oxygens (including phenoxy) is 1. The summed E-state index contributed by atoms with van der Waals surface area (Å²) in [4.78, 5) is 17.5. The fourth-order valence-corrected chi connectivity index (χ4v) is 2.61. The number of carbonyl (C=O) groups excluding carboxylic acids is 1. The quantitative estimate of drug-likeness (QED) is 0.725. The van der Waals surface area contributed by atoms with Crippen molar-refractivity contribution in [3.8, 4) is 0 Å². The molecule has 0 bridgehead atoms. The summed E-state index contributed by atoms with van der Waals surface area (Å²) in [6.45, 7) is 2.79. The largest absolute Gasteiger partial charge is 0.380 e. The van der Waals surface area contributed by atoms with Gasteiger partial charge < -0.3 is 9.53 Å². The van der Waals surface area contributed by atoms with E-state index in [1.165, 1.54) is 0 Å². The van der Waals surface area contributed by atoms with Crippen LogP contribution in [-0.2, 0) is 16.1 Å². The highest BCUT2D eigenvalue weighted by atomic mass is 32.1. The predicted molar refractivity (Wildman–Crippen MR) is 62.4 cm³/mol. The Labute approximate surface area is 99.2 Å². The third kappa shape index (κ3) is 2.66. The SMILES string of the molecule is CN(Cc1cscn1)CC1(C=O)CCOC1. The molecule has 0 amide bonds. The second-order valence-electron chi connectivity index (χ2n) is 4.43. The van der Waals surface area contributed by atoms with Gasteiger partial charge in [-0.05, 0) is 13.5 Å². The summed E-state index contributed by atoms with van der Waals surface area (Å²) in [5.74, 6) is 0. The molecule has 1 aromatic heterocycles. The Bertz CT molecular complexity index is 334. The fourth-order valence-electron chi connectivity index (χ4n) is 2.06. The highest BCUT2D eigenvalue weighted by molar-refractivity contribution is 7.07. The lowest BCUT2D eigenvalue weighted by Gasteiger charge is -2.26. The van der Waals surface area contributed by atoms with Crippen molar-refractivity contribution in [2.45, 2.75) is 13.0 Å². The van der Waals surface area contributed by atoms with Crippen molar-refractivity contribution in [1.82, 2.24) is 9.88 Å². The number of hydrogen-bond donors (Lipinski definition) is 0. The van der Waals surface area contributed by atoms with Gasteiger partial charge >= 0.3 is 0 Å². The van der Waals surface area contributed by atoms with Crippen LogP contribution in [0, 0.1) is 5.41 Å². The van der Waals surface area contributed by atoms with E-state index in [4.69, 9.17) is 4.74 Å². The first-order valence-corrected chi connectivity index (χ1v) is 6.28. The maximum absolute atomic E-state index is 11.1. The van der Waals surface area contributed by atoms with Gasteiger partial charge in [-0.3, -0.25) is 4.90 Å². The van der Waals surface area contributed by atoms with Gasteiger partial charge in [0.25, 0.3) is 0 Å². The minimum atomic E-state index is -0.301. The number of nitrogens with zero attached hydrogens (tertiary/aromatic N) is 2. The van der Waals surface area contributed by atoms with Gasteiger partial charge in [-0.25, -0.2) is 4.98 Å². The molecule has 0 N–H and O–H groups in total. The number of carbonyl (C=O) groups is 1. The molecule has 1 saturated heterocycles. The molecule has 1 aliphatic heterocycles. The summed E-state index contributed by atoms with van der Waals surface area (Å²) in [5, 5.41) is 2.04. The van der Waals surface area contributed by atoms with E-state index in [1.807, 2.05) is 17.9 Å². The highest BCUT2D eigenvalue weighted by Gasteiger charge is 2.35. The normalized spacial score (nSPS) is 25.1. The van der Waals surface area contributed by atoms with E-state index in [-0.39, 0.29) is 5.41 Å². The molecule has 88 valence electrons. The average molecular weight is 240 g/mol. The second kappa shape index (κ2) is 5.03. The topological polar surface area (TPSA) is 42.4 Å². The van der Waals surface area contributed by atoms with Crippen molar-refractivity contribution in [1.29, 1.82) is 0 Å². The first kappa shape index (κ1) is 11.7. The third-order valence-corrected chi connectivity index (χ3v) is 3.52. The van der Waals surface area contributed by atoms with Crippen LogP contribution in [-0.4, -0.2) is 43.0 Å². The molecule has 0 aliphatic carbocycles. The Morgan fingerprint density at radius 1 is 1.75 bits per heavy atom. The lowest BCUT2D eigenvalue weighted by Crippen LogP contribution is -2.37. The molecule has 0 saturated carbocycles.